The van der Waals surface area contributed by atoms with Gasteiger partial charge >= 0.3 is 5.97 Å². The van der Waals surface area contributed by atoms with E-state index in [2.05, 4.69) is 26.2 Å². The summed E-state index contributed by atoms with van der Waals surface area (Å²) >= 11 is 4.76. The number of thiazole rings is 1. The first-order valence-corrected chi connectivity index (χ1v) is 10.6. The minimum atomic E-state index is -0.381. The molecule has 1 heterocycles. The van der Waals surface area contributed by atoms with E-state index < -0.39 is 0 Å². The van der Waals surface area contributed by atoms with E-state index in [9.17, 15) is 9.59 Å². The highest BCUT2D eigenvalue weighted by Crippen LogP contribution is 2.30. The van der Waals surface area contributed by atoms with Gasteiger partial charge in [0.25, 0.3) is 5.91 Å². The summed E-state index contributed by atoms with van der Waals surface area (Å²) < 4.78 is 12.5. The Morgan fingerprint density at radius 3 is 2.66 bits per heavy atom. The number of ether oxygens (including phenoxy) is 2. The van der Waals surface area contributed by atoms with Crippen molar-refractivity contribution in [2.24, 2.45) is 0 Å². The van der Waals surface area contributed by atoms with Crippen LogP contribution >= 0.6 is 27.3 Å². The van der Waals surface area contributed by atoms with Crippen LogP contribution in [0.5, 0.6) is 5.75 Å². The average Bonchev–Trinajstić information content (AvgIpc) is 3.01. The molecule has 0 saturated carbocycles. The zero-order chi connectivity index (χ0) is 21.1. The smallest absolute Gasteiger partial charge is 0.338 e. The third kappa shape index (κ3) is 5.33. The third-order valence-electron chi connectivity index (χ3n) is 3.93. The van der Waals surface area contributed by atoms with Crippen molar-refractivity contribution in [2.75, 3.05) is 11.9 Å². The van der Waals surface area contributed by atoms with Crippen LogP contribution in [-0.4, -0.2) is 29.6 Å². The van der Waals surface area contributed by atoms with E-state index in [1.807, 2.05) is 26.0 Å². The lowest BCUT2D eigenvalue weighted by Crippen LogP contribution is -2.20. The van der Waals surface area contributed by atoms with Crippen LogP contribution in [0.2, 0.25) is 0 Å². The first kappa shape index (κ1) is 21.3. The Hall–Kier alpha value is -2.45. The Balaban J connectivity index is 1.67. The molecule has 0 bridgehead atoms. The number of nitrogens with one attached hydrogen (secondary N) is 1. The maximum Gasteiger partial charge on any atom is 0.338 e. The summed E-state index contributed by atoms with van der Waals surface area (Å²) in [4.78, 5) is 28.7. The quantitative estimate of drug-likeness (QED) is 0.491. The third-order valence-corrected chi connectivity index (χ3v) is 5.46. The molecule has 0 fully saturated rings. The van der Waals surface area contributed by atoms with Gasteiger partial charge in [0.15, 0.2) is 11.7 Å². The Kier molecular flexibility index (Phi) is 6.54. The van der Waals surface area contributed by atoms with Crippen molar-refractivity contribution in [1.82, 2.24) is 4.98 Å². The van der Waals surface area contributed by atoms with Crippen molar-refractivity contribution >= 4 is 54.5 Å². The lowest BCUT2D eigenvalue weighted by Gasteiger charge is -2.11. The van der Waals surface area contributed by atoms with Crippen LogP contribution in [0.25, 0.3) is 10.2 Å². The van der Waals surface area contributed by atoms with Crippen molar-refractivity contribution in [3.63, 3.8) is 0 Å². The number of anilines is 1. The molecule has 0 aliphatic carbocycles. The molecule has 1 amide bonds. The zero-order valence-corrected chi connectivity index (χ0v) is 18.9. The molecule has 8 heteroatoms. The van der Waals surface area contributed by atoms with Gasteiger partial charge in [-0.1, -0.05) is 17.4 Å². The Morgan fingerprint density at radius 1 is 1.21 bits per heavy atom. The molecule has 0 saturated heterocycles. The molecule has 3 aromatic rings. The number of hydrogen-bond acceptors (Lipinski definition) is 6. The highest BCUT2D eigenvalue weighted by atomic mass is 79.9. The fraction of sp³-hybridized carbons (Fsp3) is 0.286. The average molecular weight is 477 g/mol. The van der Waals surface area contributed by atoms with Crippen molar-refractivity contribution in [1.29, 1.82) is 0 Å². The van der Waals surface area contributed by atoms with E-state index in [0.717, 1.165) is 20.3 Å². The molecule has 1 N–H and O–H groups in total. The summed E-state index contributed by atoms with van der Waals surface area (Å²) in [7, 11) is 0. The number of rotatable bonds is 6. The standard InChI is InChI=1S/C21H21BrN2O4S/c1-11(2)28-20(26)14-5-6-16-17(9-14)29-21(23-16)24-18(25)10-27-19-13(4)7-12(3)8-15(19)22/h5-9,11H,10H2,1-4H3,(H,23,24,25). The Bertz CT molecular complexity index is 1050. The molecule has 29 heavy (non-hydrogen) atoms. The first-order valence-electron chi connectivity index (χ1n) is 9.04. The number of amides is 1. The fourth-order valence-electron chi connectivity index (χ4n) is 2.77. The van der Waals surface area contributed by atoms with Gasteiger partial charge in [-0.05, 0) is 79.0 Å². The number of aryl methyl sites for hydroxylation is 2. The molecule has 1 aromatic heterocycles. The van der Waals surface area contributed by atoms with Crippen molar-refractivity contribution in [2.45, 2.75) is 33.8 Å². The summed E-state index contributed by atoms with van der Waals surface area (Å²) in [5.74, 6) is -0.0490. The number of esters is 1. The summed E-state index contributed by atoms with van der Waals surface area (Å²) in [5.41, 5.74) is 3.21. The Morgan fingerprint density at radius 2 is 1.97 bits per heavy atom. The number of benzene rings is 2. The molecule has 152 valence electrons. The SMILES string of the molecule is Cc1cc(C)c(OCC(=O)Nc2nc3ccc(C(=O)OC(C)C)cc3s2)c(Br)c1. The van der Waals surface area contributed by atoms with Gasteiger partial charge in [0.1, 0.15) is 5.75 Å². The van der Waals surface area contributed by atoms with E-state index in [0.29, 0.717) is 22.0 Å². The summed E-state index contributed by atoms with van der Waals surface area (Å²) in [6, 6.07) is 9.06. The van der Waals surface area contributed by atoms with Crippen LogP contribution in [0.4, 0.5) is 5.13 Å². The number of carbonyl (C=O) groups excluding carboxylic acids is 2. The second kappa shape index (κ2) is 8.92. The number of halogens is 1. The van der Waals surface area contributed by atoms with Crippen LogP contribution in [0, 0.1) is 13.8 Å². The van der Waals surface area contributed by atoms with Gasteiger partial charge in [-0.25, -0.2) is 9.78 Å². The second-order valence-electron chi connectivity index (χ2n) is 6.89. The van der Waals surface area contributed by atoms with E-state index in [-0.39, 0.29) is 24.6 Å². The Labute approximate surface area is 181 Å². The van der Waals surface area contributed by atoms with Crippen LogP contribution < -0.4 is 10.1 Å². The lowest BCUT2D eigenvalue weighted by molar-refractivity contribution is -0.118. The normalized spacial score (nSPS) is 11.0. The number of carbonyl (C=O) groups is 2. The molecule has 6 nitrogen and oxygen atoms in total. The molecule has 0 unspecified atom stereocenters. The van der Waals surface area contributed by atoms with Gasteiger partial charge in [-0.3, -0.25) is 10.1 Å². The molecule has 0 atom stereocenters. The minimum Gasteiger partial charge on any atom is -0.482 e. The van der Waals surface area contributed by atoms with E-state index in [1.165, 1.54) is 11.3 Å². The number of nitrogens with zero attached hydrogens (tertiary/aromatic N) is 1. The van der Waals surface area contributed by atoms with Gasteiger partial charge < -0.3 is 9.47 Å². The molecular formula is C21H21BrN2O4S. The molecule has 2 aromatic carbocycles. The molecule has 0 spiro atoms. The van der Waals surface area contributed by atoms with E-state index >= 15 is 0 Å². The maximum atomic E-state index is 12.3. The number of fused-ring (bicyclic) bond motifs is 1. The second-order valence-corrected chi connectivity index (χ2v) is 8.77. The lowest BCUT2D eigenvalue weighted by atomic mass is 10.1. The monoisotopic (exact) mass is 476 g/mol. The fourth-order valence-corrected chi connectivity index (χ4v) is 4.48. The zero-order valence-electron chi connectivity index (χ0n) is 16.5. The predicted octanol–water partition coefficient (Wildman–Crippen LogP) is 5.26. The molecule has 0 radical (unpaired) electrons. The van der Waals surface area contributed by atoms with Crippen molar-refractivity contribution in [3.05, 3.63) is 51.5 Å². The molecular weight excluding hydrogens is 456 g/mol. The van der Waals surface area contributed by atoms with Gasteiger partial charge in [0, 0.05) is 0 Å². The van der Waals surface area contributed by atoms with E-state index in [4.69, 9.17) is 9.47 Å². The number of hydrogen-bond donors (Lipinski definition) is 1. The van der Waals surface area contributed by atoms with Gasteiger partial charge in [0.2, 0.25) is 0 Å². The first-order chi connectivity index (χ1) is 13.7. The topological polar surface area (TPSA) is 77.5 Å². The van der Waals surface area contributed by atoms with Gasteiger partial charge in [-0.15, -0.1) is 0 Å². The van der Waals surface area contributed by atoms with Gasteiger partial charge in [0.05, 0.1) is 26.4 Å². The summed E-state index contributed by atoms with van der Waals surface area (Å²) in [6.45, 7) is 7.39. The maximum absolute atomic E-state index is 12.3. The van der Waals surface area contributed by atoms with Crippen LogP contribution in [-0.2, 0) is 9.53 Å². The molecule has 0 aliphatic heterocycles. The van der Waals surface area contributed by atoms with Gasteiger partial charge in [-0.2, -0.15) is 0 Å². The summed E-state index contributed by atoms with van der Waals surface area (Å²) in [5, 5.41) is 3.19. The highest BCUT2D eigenvalue weighted by Gasteiger charge is 2.14. The molecule has 0 aliphatic rings. The van der Waals surface area contributed by atoms with E-state index in [1.54, 1.807) is 32.0 Å². The largest absolute Gasteiger partial charge is 0.482 e. The summed E-state index contributed by atoms with van der Waals surface area (Å²) in [6.07, 6.45) is -0.188. The van der Waals surface area contributed by atoms with Crippen molar-refractivity contribution < 1.29 is 19.1 Å². The van der Waals surface area contributed by atoms with Crippen molar-refractivity contribution in [3.8, 4) is 5.75 Å². The van der Waals surface area contributed by atoms with Crippen LogP contribution in [0.3, 0.4) is 0 Å². The number of aromatic nitrogens is 1. The minimum absolute atomic E-state index is 0.135. The predicted molar refractivity (Wildman–Crippen MR) is 118 cm³/mol. The molecule has 3 rings (SSSR count). The van der Waals surface area contributed by atoms with Crippen LogP contribution in [0.15, 0.2) is 34.8 Å². The highest BCUT2D eigenvalue weighted by molar-refractivity contribution is 9.10. The van der Waals surface area contributed by atoms with Crippen LogP contribution in [0.1, 0.15) is 35.3 Å².